The summed E-state index contributed by atoms with van der Waals surface area (Å²) in [4.78, 5) is 4.67. The second kappa shape index (κ2) is 6.13. The monoisotopic (exact) mass is 279 g/mol. The number of hydrogen-bond donors (Lipinski definition) is 0. The number of hydrogen-bond acceptors (Lipinski definition) is 2. The summed E-state index contributed by atoms with van der Waals surface area (Å²) in [5.74, 6) is 0.893. The van der Waals surface area contributed by atoms with E-state index < -0.39 is 5.60 Å². The fourth-order valence-corrected chi connectivity index (χ4v) is 2.81. The minimum absolute atomic E-state index is 0.453. The third-order valence-corrected chi connectivity index (χ3v) is 3.99. The van der Waals surface area contributed by atoms with E-state index in [0.29, 0.717) is 6.54 Å². The molecule has 1 heterocycles. The lowest BCUT2D eigenvalue weighted by molar-refractivity contribution is 0.128. The predicted molar refractivity (Wildman–Crippen MR) is 86.6 cm³/mol. The molecule has 0 radical (unpaired) electrons. The van der Waals surface area contributed by atoms with Crippen molar-refractivity contribution in [1.29, 1.82) is 0 Å². The lowest BCUT2D eigenvalue weighted by Crippen LogP contribution is -2.31. The molecule has 2 heteroatoms. The molecule has 0 aromatic heterocycles. The summed E-state index contributed by atoms with van der Waals surface area (Å²) in [5, 5.41) is 0. The van der Waals surface area contributed by atoms with Gasteiger partial charge in [-0.15, -0.1) is 0 Å². The fraction of sp³-hybridized carbons (Fsp3) is 0.316. The first-order chi connectivity index (χ1) is 10.3. The maximum absolute atomic E-state index is 6.37. The number of rotatable bonds is 5. The molecule has 0 fully saturated rings. The Bertz CT molecular complexity index is 564. The van der Waals surface area contributed by atoms with Gasteiger partial charge in [0.05, 0.1) is 6.54 Å². The highest BCUT2D eigenvalue weighted by Crippen LogP contribution is 2.38. The molecule has 21 heavy (non-hydrogen) atoms. The lowest BCUT2D eigenvalue weighted by Gasteiger charge is -2.29. The minimum atomic E-state index is -0.453. The van der Waals surface area contributed by atoms with Crippen molar-refractivity contribution in [3.63, 3.8) is 0 Å². The van der Waals surface area contributed by atoms with Crippen LogP contribution in [0.3, 0.4) is 0 Å². The Morgan fingerprint density at radius 2 is 1.52 bits per heavy atom. The number of aliphatic imine (C=N–C) groups is 1. The first-order valence-corrected chi connectivity index (χ1v) is 7.68. The topological polar surface area (TPSA) is 21.6 Å². The van der Waals surface area contributed by atoms with Gasteiger partial charge in [-0.2, -0.15) is 0 Å². The Morgan fingerprint density at radius 1 is 0.952 bits per heavy atom. The maximum atomic E-state index is 6.37. The van der Waals surface area contributed by atoms with Crippen LogP contribution in [0.5, 0.6) is 0 Å². The lowest BCUT2D eigenvalue weighted by atomic mass is 9.86. The molecule has 0 unspecified atom stereocenters. The number of ether oxygens (including phenoxy) is 1. The van der Waals surface area contributed by atoms with Crippen LogP contribution in [0.1, 0.15) is 37.3 Å². The molecule has 3 rings (SSSR count). The highest BCUT2D eigenvalue weighted by atomic mass is 16.5. The smallest absolute Gasteiger partial charge is 0.185 e. The third-order valence-electron chi connectivity index (χ3n) is 3.99. The van der Waals surface area contributed by atoms with Gasteiger partial charge in [0.2, 0.25) is 0 Å². The van der Waals surface area contributed by atoms with E-state index in [-0.39, 0.29) is 0 Å². The van der Waals surface area contributed by atoms with Gasteiger partial charge in [-0.05, 0) is 6.42 Å². The summed E-state index contributed by atoms with van der Waals surface area (Å²) in [6.07, 6.45) is 3.21. The van der Waals surface area contributed by atoms with E-state index in [1.807, 2.05) is 12.1 Å². The summed E-state index contributed by atoms with van der Waals surface area (Å²) < 4.78 is 6.37. The predicted octanol–water partition coefficient (Wildman–Crippen LogP) is 4.55. The largest absolute Gasteiger partial charge is 0.463 e. The molecule has 2 nitrogen and oxygen atoms in total. The summed E-state index contributed by atoms with van der Waals surface area (Å²) in [7, 11) is 0. The van der Waals surface area contributed by atoms with E-state index in [1.165, 1.54) is 11.1 Å². The fourth-order valence-electron chi connectivity index (χ4n) is 2.81. The summed E-state index contributed by atoms with van der Waals surface area (Å²) in [6, 6.07) is 20.8. The quantitative estimate of drug-likeness (QED) is 0.787. The molecule has 2 aromatic carbocycles. The van der Waals surface area contributed by atoms with Crippen molar-refractivity contribution in [3.05, 3.63) is 71.8 Å². The standard InChI is InChI=1S/C19H21NO/c1-2-3-14-18-20-15-19(21-18,16-10-6-4-7-11-16)17-12-8-5-9-13-17/h4-13H,2-3,14-15H2,1H3. The van der Waals surface area contributed by atoms with E-state index >= 15 is 0 Å². The first-order valence-electron chi connectivity index (χ1n) is 7.68. The molecule has 0 N–H and O–H groups in total. The molecule has 0 saturated carbocycles. The Morgan fingerprint density at radius 3 is 2.05 bits per heavy atom. The molecule has 0 saturated heterocycles. The van der Waals surface area contributed by atoms with E-state index in [1.54, 1.807) is 0 Å². The molecule has 0 atom stereocenters. The van der Waals surface area contributed by atoms with Crippen LogP contribution in [-0.4, -0.2) is 12.4 Å². The third kappa shape index (κ3) is 2.71. The zero-order valence-corrected chi connectivity index (χ0v) is 12.5. The Kier molecular flexibility index (Phi) is 4.05. The minimum Gasteiger partial charge on any atom is -0.463 e. The first kappa shape index (κ1) is 13.9. The van der Waals surface area contributed by atoms with Crippen LogP contribution in [0.25, 0.3) is 0 Å². The second-order valence-electron chi connectivity index (χ2n) is 5.47. The van der Waals surface area contributed by atoms with Gasteiger partial charge in [0.25, 0.3) is 0 Å². The average Bonchev–Trinajstić information content (AvgIpc) is 3.00. The summed E-state index contributed by atoms with van der Waals surface area (Å²) >= 11 is 0. The van der Waals surface area contributed by atoms with E-state index in [9.17, 15) is 0 Å². The highest BCUT2D eigenvalue weighted by Gasteiger charge is 2.41. The summed E-state index contributed by atoms with van der Waals surface area (Å²) in [6.45, 7) is 2.86. The van der Waals surface area contributed by atoms with Crippen LogP contribution >= 0.6 is 0 Å². The van der Waals surface area contributed by atoms with Crippen LogP contribution in [0, 0.1) is 0 Å². The number of nitrogens with zero attached hydrogens (tertiary/aromatic N) is 1. The normalized spacial score (nSPS) is 16.3. The van der Waals surface area contributed by atoms with Gasteiger partial charge < -0.3 is 4.74 Å². The van der Waals surface area contributed by atoms with E-state index in [2.05, 4.69) is 60.4 Å². The molecule has 2 aromatic rings. The Hall–Kier alpha value is -2.09. The van der Waals surface area contributed by atoms with E-state index in [4.69, 9.17) is 4.74 Å². The van der Waals surface area contributed by atoms with Gasteiger partial charge in [-0.1, -0.05) is 74.0 Å². The van der Waals surface area contributed by atoms with Gasteiger partial charge in [0.1, 0.15) is 0 Å². The van der Waals surface area contributed by atoms with Crippen molar-refractivity contribution in [2.24, 2.45) is 4.99 Å². The van der Waals surface area contributed by atoms with Crippen LogP contribution < -0.4 is 0 Å². The van der Waals surface area contributed by atoms with Crippen molar-refractivity contribution in [1.82, 2.24) is 0 Å². The van der Waals surface area contributed by atoms with Gasteiger partial charge in [-0.3, -0.25) is 4.99 Å². The van der Waals surface area contributed by atoms with Crippen molar-refractivity contribution in [2.75, 3.05) is 6.54 Å². The molecule has 0 aliphatic carbocycles. The van der Waals surface area contributed by atoms with Gasteiger partial charge in [0.15, 0.2) is 11.5 Å². The molecule has 0 spiro atoms. The molecular weight excluding hydrogens is 258 g/mol. The SMILES string of the molecule is CCCCC1=NCC(c2ccccc2)(c2ccccc2)O1. The van der Waals surface area contributed by atoms with Crippen molar-refractivity contribution < 1.29 is 4.74 Å². The molecule has 108 valence electrons. The van der Waals surface area contributed by atoms with Gasteiger partial charge >= 0.3 is 0 Å². The average molecular weight is 279 g/mol. The molecule has 0 bridgehead atoms. The van der Waals surface area contributed by atoms with Crippen LogP contribution in [0.2, 0.25) is 0 Å². The van der Waals surface area contributed by atoms with Crippen molar-refractivity contribution >= 4 is 5.90 Å². The maximum Gasteiger partial charge on any atom is 0.185 e. The number of benzene rings is 2. The zero-order valence-electron chi connectivity index (χ0n) is 12.5. The summed E-state index contributed by atoms with van der Waals surface area (Å²) in [5.41, 5.74) is 1.89. The van der Waals surface area contributed by atoms with Crippen LogP contribution in [-0.2, 0) is 10.3 Å². The van der Waals surface area contributed by atoms with Gasteiger partial charge in [-0.25, -0.2) is 0 Å². The molecular formula is C19H21NO. The van der Waals surface area contributed by atoms with Gasteiger partial charge in [0, 0.05) is 17.5 Å². The highest BCUT2D eigenvalue weighted by molar-refractivity contribution is 5.79. The zero-order chi connectivity index (χ0) is 14.5. The van der Waals surface area contributed by atoms with Crippen molar-refractivity contribution in [2.45, 2.75) is 31.8 Å². The molecule has 1 aliphatic heterocycles. The second-order valence-corrected chi connectivity index (χ2v) is 5.47. The van der Waals surface area contributed by atoms with E-state index in [0.717, 1.165) is 25.2 Å². The number of unbranched alkanes of at least 4 members (excludes halogenated alkanes) is 1. The van der Waals surface area contributed by atoms with Crippen molar-refractivity contribution in [3.8, 4) is 0 Å². The Balaban J connectivity index is 1.95. The van der Waals surface area contributed by atoms with Crippen LogP contribution in [0.4, 0.5) is 0 Å². The molecule has 1 aliphatic rings. The molecule has 0 amide bonds. The van der Waals surface area contributed by atoms with Crippen LogP contribution in [0.15, 0.2) is 65.7 Å². The Labute approximate surface area is 126 Å².